The minimum absolute atomic E-state index is 0.0584. The van der Waals surface area contributed by atoms with Crippen LogP contribution in [-0.2, 0) is 9.53 Å². The van der Waals surface area contributed by atoms with Crippen LogP contribution in [0.4, 0.5) is 0 Å². The largest absolute Gasteiger partial charge is 0.393 e. The third-order valence-corrected chi connectivity index (χ3v) is 5.86. The molecule has 0 radical (unpaired) electrons. The number of fused-ring (bicyclic) bond motifs is 3. The molecule has 2 fully saturated rings. The van der Waals surface area contributed by atoms with E-state index in [4.69, 9.17) is 4.74 Å². The van der Waals surface area contributed by atoms with Crippen molar-refractivity contribution >= 4 is 5.78 Å². The van der Waals surface area contributed by atoms with Crippen molar-refractivity contribution in [2.24, 2.45) is 11.3 Å². The Bertz CT molecular complexity index is 496. The molecule has 0 aromatic heterocycles. The summed E-state index contributed by atoms with van der Waals surface area (Å²) in [6.07, 6.45) is 1.97. The van der Waals surface area contributed by atoms with Gasteiger partial charge >= 0.3 is 0 Å². The zero-order valence-electron chi connectivity index (χ0n) is 12.1. The van der Waals surface area contributed by atoms with E-state index in [0.29, 0.717) is 12.8 Å². The molecule has 2 aliphatic carbocycles. The third kappa shape index (κ3) is 1.39. The number of carbonyl (C=O) groups excluding carboxylic acids is 1. The van der Waals surface area contributed by atoms with Gasteiger partial charge in [0.1, 0.15) is 11.7 Å². The predicted molar refractivity (Wildman–Crippen MR) is 70.9 cm³/mol. The Labute approximate surface area is 118 Å². The average Bonchev–Trinajstić information content (AvgIpc) is 3.17. The van der Waals surface area contributed by atoms with Gasteiger partial charge in [0.2, 0.25) is 0 Å². The second-order valence-electron chi connectivity index (χ2n) is 6.88. The van der Waals surface area contributed by atoms with Crippen LogP contribution < -0.4 is 0 Å². The third-order valence-electron chi connectivity index (χ3n) is 5.86. The second-order valence-corrected chi connectivity index (χ2v) is 6.88. The average molecular weight is 282 g/mol. The molecule has 0 amide bonds. The molecule has 1 saturated carbocycles. The molecule has 0 spiro atoms. The molecule has 5 heteroatoms. The summed E-state index contributed by atoms with van der Waals surface area (Å²) in [6, 6.07) is 0. The van der Waals surface area contributed by atoms with E-state index in [1.165, 1.54) is 6.92 Å². The van der Waals surface area contributed by atoms with E-state index >= 15 is 0 Å². The molecule has 5 nitrogen and oxygen atoms in total. The summed E-state index contributed by atoms with van der Waals surface area (Å²) in [4.78, 5) is 12.4. The first-order valence-corrected chi connectivity index (χ1v) is 7.16. The van der Waals surface area contributed by atoms with Gasteiger partial charge in [-0.15, -0.1) is 0 Å². The Kier molecular flexibility index (Phi) is 2.78. The molecule has 0 aromatic rings. The van der Waals surface area contributed by atoms with Crippen LogP contribution in [0.25, 0.3) is 0 Å². The Morgan fingerprint density at radius 2 is 2.20 bits per heavy atom. The highest BCUT2D eigenvalue weighted by atomic mass is 16.6. The summed E-state index contributed by atoms with van der Waals surface area (Å²) in [5, 5.41) is 29.9. The van der Waals surface area contributed by atoms with Crippen molar-refractivity contribution in [1.29, 1.82) is 0 Å². The first kappa shape index (κ1) is 14.2. The highest BCUT2D eigenvalue weighted by Crippen LogP contribution is 2.64. The zero-order valence-corrected chi connectivity index (χ0v) is 12.1. The first-order chi connectivity index (χ1) is 9.21. The summed E-state index contributed by atoms with van der Waals surface area (Å²) in [5.41, 5.74) is -2.44. The van der Waals surface area contributed by atoms with Gasteiger partial charge in [-0.1, -0.05) is 19.4 Å². The van der Waals surface area contributed by atoms with Gasteiger partial charge in [0.15, 0.2) is 11.4 Å². The van der Waals surface area contributed by atoms with E-state index in [2.05, 4.69) is 0 Å². The summed E-state index contributed by atoms with van der Waals surface area (Å²) in [7, 11) is 0. The molecular weight excluding hydrogens is 260 g/mol. The number of aliphatic hydroxyl groups is 3. The van der Waals surface area contributed by atoms with E-state index < -0.39 is 35.4 Å². The van der Waals surface area contributed by atoms with Crippen molar-refractivity contribution in [3.05, 3.63) is 11.6 Å². The lowest BCUT2D eigenvalue weighted by molar-refractivity contribution is -0.134. The van der Waals surface area contributed by atoms with Crippen LogP contribution in [0.3, 0.4) is 0 Å². The highest BCUT2D eigenvalue weighted by molar-refractivity contribution is 6.03. The maximum atomic E-state index is 12.4. The highest BCUT2D eigenvalue weighted by Gasteiger charge is 2.79. The molecule has 112 valence electrons. The topological polar surface area (TPSA) is 90.3 Å². The van der Waals surface area contributed by atoms with Crippen LogP contribution >= 0.6 is 0 Å². The van der Waals surface area contributed by atoms with Gasteiger partial charge in [0.05, 0.1) is 12.7 Å². The van der Waals surface area contributed by atoms with E-state index in [1.807, 2.05) is 13.8 Å². The number of hydrogen-bond acceptors (Lipinski definition) is 5. The molecule has 0 bridgehead atoms. The quantitative estimate of drug-likeness (QED) is 0.628. The maximum absolute atomic E-state index is 12.4. The van der Waals surface area contributed by atoms with Crippen LogP contribution in [0.5, 0.6) is 0 Å². The molecule has 3 aliphatic rings. The van der Waals surface area contributed by atoms with Crippen molar-refractivity contribution in [2.75, 3.05) is 6.61 Å². The Morgan fingerprint density at radius 3 is 2.80 bits per heavy atom. The van der Waals surface area contributed by atoms with Crippen LogP contribution in [-0.4, -0.2) is 51.1 Å². The summed E-state index contributed by atoms with van der Waals surface area (Å²) in [5.74, 6) is -0.324. The molecule has 1 heterocycles. The van der Waals surface area contributed by atoms with Crippen molar-refractivity contribution in [2.45, 2.75) is 57.0 Å². The van der Waals surface area contributed by atoms with Crippen LogP contribution in [0, 0.1) is 11.3 Å². The molecule has 1 saturated heterocycles. The van der Waals surface area contributed by atoms with Gasteiger partial charge < -0.3 is 20.1 Å². The lowest BCUT2D eigenvalue weighted by Crippen LogP contribution is -2.58. The van der Waals surface area contributed by atoms with Crippen molar-refractivity contribution in [1.82, 2.24) is 0 Å². The number of carbonyl (C=O) groups is 1. The van der Waals surface area contributed by atoms with E-state index in [9.17, 15) is 20.1 Å². The van der Waals surface area contributed by atoms with Gasteiger partial charge in [-0.2, -0.15) is 0 Å². The normalized spacial score (nSPS) is 49.8. The standard InChI is InChI=1S/C15H22O5/c1-8-10(17)5-4-9-6-11(18)15(13(2,19)7-16)12(20-15)14(8,9)3/h6,8,10,12,16-17,19H,4-5,7H2,1-3H3/t8-,10+,12+,13?,14+,15-/m0/s1. The van der Waals surface area contributed by atoms with Gasteiger partial charge in [0, 0.05) is 5.41 Å². The number of rotatable bonds is 2. The van der Waals surface area contributed by atoms with Gasteiger partial charge in [-0.25, -0.2) is 0 Å². The molecule has 1 unspecified atom stereocenters. The first-order valence-electron chi connectivity index (χ1n) is 7.16. The van der Waals surface area contributed by atoms with E-state index in [-0.39, 0.29) is 11.7 Å². The van der Waals surface area contributed by atoms with Gasteiger partial charge in [0.25, 0.3) is 0 Å². The minimum Gasteiger partial charge on any atom is -0.393 e. The van der Waals surface area contributed by atoms with Crippen molar-refractivity contribution in [3.8, 4) is 0 Å². The fourth-order valence-corrected chi connectivity index (χ4v) is 4.09. The fourth-order valence-electron chi connectivity index (χ4n) is 4.09. The summed E-state index contributed by atoms with van der Waals surface area (Å²) >= 11 is 0. The lowest BCUT2D eigenvalue weighted by Gasteiger charge is -2.47. The lowest BCUT2D eigenvalue weighted by atomic mass is 9.56. The molecule has 3 rings (SSSR count). The number of epoxide rings is 1. The Balaban J connectivity index is 2.09. The number of hydrogen-bond donors (Lipinski definition) is 3. The summed E-state index contributed by atoms with van der Waals surface area (Å²) in [6.45, 7) is 4.83. The molecule has 20 heavy (non-hydrogen) atoms. The summed E-state index contributed by atoms with van der Waals surface area (Å²) < 4.78 is 5.70. The van der Waals surface area contributed by atoms with Gasteiger partial charge in [-0.05, 0) is 31.8 Å². The second kappa shape index (κ2) is 3.91. The van der Waals surface area contributed by atoms with Crippen molar-refractivity contribution in [3.63, 3.8) is 0 Å². The molecule has 6 atom stereocenters. The predicted octanol–water partition coefficient (Wildman–Crippen LogP) is 0.174. The fraction of sp³-hybridized carbons (Fsp3) is 0.800. The zero-order chi connectivity index (χ0) is 14.9. The Hall–Kier alpha value is -0.750. The molecular formula is C15H22O5. The molecule has 3 N–H and O–H groups in total. The van der Waals surface area contributed by atoms with Crippen molar-refractivity contribution < 1.29 is 24.9 Å². The Morgan fingerprint density at radius 1 is 1.55 bits per heavy atom. The smallest absolute Gasteiger partial charge is 0.193 e. The maximum Gasteiger partial charge on any atom is 0.193 e. The van der Waals surface area contributed by atoms with Crippen LogP contribution in [0.1, 0.15) is 33.6 Å². The number of ketones is 1. The SMILES string of the molecule is C[C@H]1[C@H](O)CCC2=CC(=O)[C@]3(C(C)(O)CO)O[C@@H]3[C@@]21C. The number of aliphatic hydroxyl groups excluding tert-OH is 2. The van der Waals surface area contributed by atoms with Crippen LogP contribution in [0.15, 0.2) is 11.6 Å². The molecule has 1 aliphatic heterocycles. The number of ether oxygens (including phenoxy) is 1. The monoisotopic (exact) mass is 282 g/mol. The minimum atomic E-state index is -1.61. The molecule has 0 aromatic carbocycles. The van der Waals surface area contributed by atoms with Gasteiger partial charge in [-0.3, -0.25) is 4.79 Å². The van der Waals surface area contributed by atoms with E-state index in [0.717, 1.165) is 5.57 Å². The van der Waals surface area contributed by atoms with E-state index in [1.54, 1.807) is 6.08 Å². The van der Waals surface area contributed by atoms with Crippen LogP contribution in [0.2, 0.25) is 0 Å².